The second kappa shape index (κ2) is 2.72. The van der Waals surface area contributed by atoms with E-state index in [1.807, 2.05) is 0 Å². The molecule has 4 heteroatoms. The average molecular weight is 116 g/mol. The maximum absolute atomic E-state index is 4.84. The maximum atomic E-state index is 4.84. The predicted molar refractivity (Wildman–Crippen MR) is 20.6 cm³/mol. The summed E-state index contributed by atoms with van der Waals surface area (Å²) in [7, 11) is 1.36. The molecule has 0 radical (unpaired) electrons. The fourth-order valence-electron chi connectivity index (χ4n) is 0. The third-order valence-corrected chi connectivity index (χ3v) is 0.414. The molecule has 2 nitrogen and oxygen atoms in total. The van der Waals surface area contributed by atoms with Crippen LogP contribution in [0.1, 0.15) is 0 Å². The zero-order chi connectivity index (χ0) is 4.28. The van der Waals surface area contributed by atoms with Crippen LogP contribution < -0.4 is 0 Å². The highest BCUT2D eigenvalue weighted by Crippen LogP contribution is 1.94. The van der Waals surface area contributed by atoms with Crippen LogP contribution >= 0.6 is 23.6 Å². The smallest absolute Gasteiger partial charge is 0.0605 e. The van der Waals surface area contributed by atoms with Gasteiger partial charge in [0.2, 0.25) is 0 Å². The average Bonchev–Trinajstić information content (AvgIpc) is 1.38. The molecule has 0 amide bonds. The third-order valence-electron chi connectivity index (χ3n) is 0.138. The molecule has 0 saturated heterocycles. The Morgan fingerprint density at radius 1 is 1.60 bits per heavy atom. The number of hydrogen-bond acceptors (Lipinski definition) is 2. The summed E-state index contributed by atoms with van der Waals surface area (Å²) in [5.74, 6) is 0. The van der Waals surface area contributed by atoms with Crippen LogP contribution in [0.25, 0.3) is 0 Å². The SMILES string of the molecule is CON(Cl)Cl. The Morgan fingerprint density at radius 2 is 1.80 bits per heavy atom. The first-order chi connectivity index (χ1) is 2.27. The van der Waals surface area contributed by atoms with Crippen molar-refractivity contribution in [2.75, 3.05) is 7.11 Å². The molecule has 0 aliphatic heterocycles. The van der Waals surface area contributed by atoms with E-state index in [1.54, 1.807) is 0 Å². The number of rotatable bonds is 1. The summed E-state index contributed by atoms with van der Waals surface area (Å²) in [5, 5.41) is 0. The monoisotopic (exact) mass is 115 g/mol. The highest BCUT2D eigenvalue weighted by Gasteiger charge is 1.80. The Bertz CT molecular complexity index is 23.6. The van der Waals surface area contributed by atoms with Crippen molar-refractivity contribution in [2.24, 2.45) is 0 Å². The molecule has 0 saturated carbocycles. The van der Waals surface area contributed by atoms with Gasteiger partial charge in [-0.2, -0.15) is 0 Å². The number of halogens is 2. The normalized spacial score (nSPS) is 9.60. The highest BCUT2D eigenvalue weighted by atomic mass is 35.5. The van der Waals surface area contributed by atoms with Crippen molar-refractivity contribution in [2.45, 2.75) is 0 Å². The molecule has 0 aromatic rings. The first-order valence-corrected chi connectivity index (χ1v) is 1.61. The van der Waals surface area contributed by atoms with Crippen molar-refractivity contribution in [1.82, 2.24) is 4.10 Å². The molecule has 0 N–H and O–H groups in total. The van der Waals surface area contributed by atoms with Crippen molar-refractivity contribution in [3.63, 3.8) is 0 Å². The topological polar surface area (TPSA) is 12.5 Å². The Labute approximate surface area is 40.4 Å². The minimum atomic E-state index is 0.569. The lowest BCUT2D eigenvalue weighted by molar-refractivity contribution is 0.0338. The van der Waals surface area contributed by atoms with Crippen LogP contribution in [-0.4, -0.2) is 11.2 Å². The summed E-state index contributed by atoms with van der Waals surface area (Å²) in [6.45, 7) is 0. The van der Waals surface area contributed by atoms with Gasteiger partial charge in [0, 0.05) is 23.6 Å². The molecule has 0 unspecified atom stereocenters. The van der Waals surface area contributed by atoms with Gasteiger partial charge in [-0.25, -0.2) is 0 Å². The first kappa shape index (κ1) is 5.50. The van der Waals surface area contributed by atoms with Gasteiger partial charge in [0.25, 0.3) is 0 Å². The van der Waals surface area contributed by atoms with Crippen LogP contribution in [0.15, 0.2) is 0 Å². The zero-order valence-electron chi connectivity index (χ0n) is 2.61. The molecule has 0 bridgehead atoms. The molecular formula is CH3Cl2NO. The van der Waals surface area contributed by atoms with Gasteiger partial charge in [-0.3, -0.25) is 4.84 Å². The van der Waals surface area contributed by atoms with E-state index in [2.05, 4.69) is 4.84 Å². The zero-order valence-corrected chi connectivity index (χ0v) is 4.12. The standard InChI is InChI=1S/CH3Cl2NO/c1-5-4(2)3/h1H3. The maximum Gasteiger partial charge on any atom is 0.0605 e. The predicted octanol–water partition coefficient (Wildman–Crippen LogP) is 1.16. The van der Waals surface area contributed by atoms with Gasteiger partial charge in [-0.15, -0.1) is 0 Å². The molecule has 0 aromatic heterocycles. The summed E-state index contributed by atoms with van der Waals surface area (Å²) >= 11 is 9.68. The minimum Gasteiger partial charge on any atom is -0.272 e. The molecule has 0 fully saturated rings. The first-order valence-electron chi connectivity index (χ1n) is 0.929. The fourth-order valence-corrected chi connectivity index (χ4v) is 0. The second-order valence-corrected chi connectivity index (χ2v) is 1.17. The lowest BCUT2D eigenvalue weighted by Gasteiger charge is -1.91. The Balaban J connectivity index is 2.54. The Morgan fingerprint density at radius 3 is 1.80 bits per heavy atom. The summed E-state index contributed by atoms with van der Waals surface area (Å²) in [6, 6.07) is 0. The van der Waals surface area contributed by atoms with Crippen LogP contribution in [-0.2, 0) is 4.84 Å². The number of hydrogen-bond donors (Lipinski definition) is 0. The summed E-state index contributed by atoms with van der Waals surface area (Å²) in [4.78, 5) is 4.11. The van der Waals surface area contributed by atoms with E-state index in [9.17, 15) is 0 Å². The van der Waals surface area contributed by atoms with E-state index >= 15 is 0 Å². The quantitative estimate of drug-likeness (QED) is 0.376. The van der Waals surface area contributed by atoms with Crippen molar-refractivity contribution in [1.29, 1.82) is 0 Å². The minimum absolute atomic E-state index is 0.569. The van der Waals surface area contributed by atoms with Gasteiger partial charge in [-0.05, 0) is 4.10 Å². The van der Waals surface area contributed by atoms with Gasteiger partial charge in [0.15, 0.2) is 0 Å². The fraction of sp³-hybridized carbons (Fsp3) is 1.00. The van der Waals surface area contributed by atoms with Crippen LogP contribution in [0.3, 0.4) is 0 Å². The molecule has 5 heavy (non-hydrogen) atoms. The molecule has 0 spiro atoms. The van der Waals surface area contributed by atoms with E-state index in [0.717, 1.165) is 0 Å². The summed E-state index contributed by atoms with van der Waals surface area (Å²) in [5.41, 5.74) is 0. The lowest BCUT2D eigenvalue weighted by Crippen LogP contribution is -1.90. The summed E-state index contributed by atoms with van der Waals surface area (Å²) in [6.07, 6.45) is 0. The van der Waals surface area contributed by atoms with Crippen molar-refractivity contribution < 1.29 is 4.84 Å². The van der Waals surface area contributed by atoms with Gasteiger partial charge < -0.3 is 0 Å². The molecule has 0 atom stereocenters. The molecule has 0 heterocycles. The van der Waals surface area contributed by atoms with E-state index < -0.39 is 0 Å². The van der Waals surface area contributed by atoms with Gasteiger partial charge in [0.1, 0.15) is 0 Å². The third kappa shape index (κ3) is 4.50. The lowest BCUT2D eigenvalue weighted by atomic mass is 11.7. The van der Waals surface area contributed by atoms with Gasteiger partial charge >= 0.3 is 0 Å². The van der Waals surface area contributed by atoms with Crippen LogP contribution in [0.4, 0.5) is 0 Å². The molecule has 32 valence electrons. The van der Waals surface area contributed by atoms with E-state index in [4.69, 9.17) is 23.6 Å². The van der Waals surface area contributed by atoms with E-state index in [0.29, 0.717) is 4.10 Å². The molecular weight excluding hydrogens is 113 g/mol. The molecule has 0 aliphatic rings. The highest BCUT2D eigenvalue weighted by molar-refractivity contribution is 6.32. The largest absolute Gasteiger partial charge is 0.272 e. The Kier molecular flexibility index (Phi) is 2.99. The van der Waals surface area contributed by atoms with Gasteiger partial charge in [0.05, 0.1) is 7.11 Å². The molecule has 0 aromatic carbocycles. The Hall–Kier alpha value is 0.500. The van der Waals surface area contributed by atoms with E-state index in [-0.39, 0.29) is 0 Å². The van der Waals surface area contributed by atoms with Crippen molar-refractivity contribution in [3.8, 4) is 0 Å². The van der Waals surface area contributed by atoms with Crippen LogP contribution in [0.2, 0.25) is 0 Å². The van der Waals surface area contributed by atoms with Crippen LogP contribution in [0, 0.1) is 0 Å². The van der Waals surface area contributed by atoms with E-state index in [1.165, 1.54) is 7.11 Å². The summed E-state index contributed by atoms with van der Waals surface area (Å²) < 4.78 is 0.569. The molecule has 0 rings (SSSR count). The van der Waals surface area contributed by atoms with Crippen molar-refractivity contribution in [3.05, 3.63) is 0 Å². The second-order valence-electron chi connectivity index (χ2n) is 0.384. The molecule has 0 aliphatic carbocycles. The number of nitrogens with zero attached hydrogens (tertiary/aromatic N) is 1. The van der Waals surface area contributed by atoms with Crippen molar-refractivity contribution >= 4 is 23.6 Å². The van der Waals surface area contributed by atoms with Gasteiger partial charge in [-0.1, -0.05) is 0 Å². The van der Waals surface area contributed by atoms with Crippen LogP contribution in [0.5, 0.6) is 0 Å².